The fourth-order valence-electron chi connectivity index (χ4n) is 2.73. The molecule has 0 bridgehead atoms. The van der Waals surface area contributed by atoms with Gasteiger partial charge in [-0.2, -0.15) is 0 Å². The number of rotatable bonds is 4. The Morgan fingerprint density at radius 1 is 1.42 bits per heavy atom. The smallest absolute Gasteiger partial charge is 0.169 e. The molecule has 2 atom stereocenters. The van der Waals surface area contributed by atoms with Gasteiger partial charge in [-0.3, -0.25) is 4.90 Å². The van der Waals surface area contributed by atoms with Gasteiger partial charge in [0.1, 0.15) is 0 Å². The van der Waals surface area contributed by atoms with Crippen molar-refractivity contribution in [1.82, 2.24) is 4.90 Å². The summed E-state index contributed by atoms with van der Waals surface area (Å²) >= 11 is 0. The molecule has 0 radical (unpaired) electrons. The molecule has 1 aromatic rings. The average Bonchev–Trinajstić information content (AvgIpc) is 2.43. The Morgan fingerprint density at radius 2 is 2.21 bits per heavy atom. The molecule has 0 spiro atoms. The van der Waals surface area contributed by atoms with Crippen molar-refractivity contribution < 1.29 is 9.13 Å². The number of hydrogen-bond donors (Lipinski definition) is 1. The number of likely N-dealkylation sites (tertiary alicyclic amines) is 1. The lowest BCUT2D eigenvalue weighted by molar-refractivity contribution is 0.112. The summed E-state index contributed by atoms with van der Waals surface area (Å²) in [7, 11) is 1.50. The molecular formula is C15H23FN2O. The molecule has 1 aromatic carbocycles. The minimum absolute atomic E-state index is 0.243. The van der Waals surface area contributed by atoms with Crippen molar-refractivity contribution in [2.45, 2.75) is 32.4 Å². The first-order chi connectivity index (χ1) is 9.15. The molecule has 0 aromatic heterocycles. The molecular weight excluding hydrogens is 243 g/mol. The molecule has 1 aliphatic heterocycles. The minimum atomic E-state index is -0.243. The number of benzene rings is 1. The third-order valence-electron chi connectivity index (χ3n) is 4.08. The molecule has 2 rings (SSSR count). The van der Waals surface area contributed by atoms with Crippen molar-refractivity contribution in [3.8, 4) is 5.75 Å². The largest absolute Gasteiger partial charge is 0.494 e. The van der Waals surface area contributed by atoms with Crippen LogP contribution in [0.4, 0.5) is 4.39 Å². The fourth-order valence-corrected chi connectivity index (χ4v) is 2.73. The summed E-state index contributed by atoms with van der Waals surface area (Å²) in [6.45, 7) is 4.49. The van der Waals surface area contributed by atoms with Gasteiger partial charge in [0.25, 0.3) is 0 Å². The number of methoxy groups -OCH3 is 1. The summed E-state index contributed by atoms with van der Waals surface area (Å²) in [5.74, 6) is 0.606. The van der Waals surface area contributed by atoms with Gasteiger partial charge in [0, 0.05) is 24.7 Å². The van der Waals surface area contributed by atoms with E-state index in [1.807, 2.05) is 12.1 Å². The summed E-state index contributed by atoms with van der Waals surface area (Å²) in [4.78, 5) is 2.32. The van der Waals surface area contributed by atoms with Gasteiger partial charge in [0.2, 0.25) is 0 Å². The second-order valence-electron chi connectivity index (χ2n) is 5.39. The number of hydrogen-bond acceptors (Lipinski definition) is 3. The van der Waals surface area contributed by atoms with Crippen LogP contribution in [0.1, 0.15) is 25.3 Å². The maximum Gasteiger partial charge on any atom is 0.169 e. The topological polar surface area (TPSA) is 38.5 Å². The monoisotopic (exact) mass is 266 g/mol. The standard InChI is InChI=1S/C15H23FN2O/c1-11-6-7-12(8-17)9-18(11)10-13-4-3-5-14(19-2)15(13)16/h3-5,11-12H,6-10,17H2,1-2H3. The lowest BCUT2D eigenvalue weighted by atomic mass is 9.93. The molecule has 3 nitrogen and oxygen atoms in total. The lowest BCUT2D eigenvalue weighted by Gasteiger charge is -2.37. The Kier molecular flexibility index (Phi) is 4.77. The normalized spacial score (nSPS) is 24.4. The van der Waals surface area contributed by atoms with Crippen LogP contribution in [0.15, 0.2) is 18.2 Å². The van der Waals surface area contributed by atoms with E-state index in [0.29, 0.717) is 36.4 Å². The predicted molar refractivity (Wildman–Crippen MR) is 74.6 cm³/mol. The highest BCUT2D eigenvalue weighted by Crippen LogP contribution is 2.26. The Bertz CT molecular complexity index is 425. The fraction of sp³-hybridized carbons (Fsp3) is 0.600. The number of piperidine rings is 1. The van der Waals surface area contributed by atoms with Gasteiger partial charge in [-0.25, -0.2) is 4.39 Å². The Morgan fingerprint density at radius 3 is 2.89 bits per heavy atom. The van der Waals surface area contributed by atoms with Crippen molar-refractivity contribution in [3.63, 3.8) is 0 Å². The Labute approximate surface area is 114 Å². The molecule has 4 heteroatoms. The SMILES string of the molecule is COc1cccc(CN2CC(CN)CCC2C)c1F. The van der Waals surface area contributed by atoms with E-state index in [0.717, 1.165) is 13.0 Å². The number of halogens is 1. The zero-order chi connectivity index (χ0) is 13.8. The van der Waals surface area contributed by atoms with Crippen molar-refractivity contribution in [2.24, 2.45) is 11.7 Å². The summed E-state index contributed by atoms with van der Waals surface area (Å²) < 4.78 is 19.2. The van der Waals surface area contributed by atoms with Crippen molar-refractivity contribution in [3.05, 3.63) is 29.6 Å². The third-order valence-corrected chi connectivity index (χ3v) is 4.08. The van der Waals surface area contributed by atoms with E-state index in [9.17, 15) is 4.39 Å². The zero-order valence-electron chi connectivity index (χ0n) is 11.7. The van der Waals surface area contributed by atoms with Crippen LogP contribution in [0, 0.1) is 11.7 Å². The van der Waals surface area contributed by atoms with Gasteiger partial charge < -0.3 is 10.5 Å². The second kappa shape index (κ2) is 6.35. The summed E-state index contributed by atoms with van der Waals surface area (Å²) in [5.41, 5.74) is 6.46. The van der Waals surface area contributed by atoms with Crippen LogP contribution in [0.2, 0.25) is 0 Å². The Hall–Kier alpha value is -1.13. The van der Waals surface area contributed by atoms with Gasteiger partial charge in [0.05, 0.1) is 7.11 Å². The third kappa shape index (κ3) is 3.25. The summed E-state index contributed by atoms with van der Waals surface area (Å²) in [6.07, 6.45) is 2.31. The van der Waals surface area contributed by atoms with E-state index in [4.69, 9.17) is 10.5 Å². The van der Waals surface area contributed by atoms with E-state index < -0.39 is 0 Å². The molecule has 1 heterocycles. The van der Waals surface area contributed by atoms with Crippen LogP contribution < -0.4 is 10.5 Å². The van der Waals surface area contributed by atoms with Crippen LogP contribution in [-0.4, -0.2) is 31.1 Å². The Balaban J connectivity index is 2.11. The zero-order valence-corrected chi connectivity index (χ0v) is 11.7. The van der Waals surface area contributed by atoms with Crippen LogP contribution in [-0.2, 0) is 6.54 Å². The lowest BCUT2D eigenvalue weighted by Crippen LogP contribution is -2.43. The molecule has 1 fully saturated rings. The number of nitrogens with two attached hydrogens (primary N) is 1. The number of ether oxygens (including phenoxy) is 1. The first-order valence-electron chi connectivity index (χ1n) is 6.91. The highest BCUT2D eigenvalue weighted by Gasteiger charge is 2.25. The molecule has 1 saturated heterocycles. The molecule has 2 N–H and O–H groups in total. The maximum atomic E-state index is 14.2. The molecule has 2 unspecified atom stereocenters. The van der Waals surface area contributed by atoms with Crippen LogP contribution in [0.25, 0.3) is 0 Å². The highest BCUT2D eigenvalue weighted by molar-refractivity contribution is 5.31. The van der Waals surface area contributed by atoms with Gasteiger partial charge in [-0.05, 0) is 38.3 Å². The van der Waals surface area contributed by atoms with Crippen LogP contribution >= 0.6 is 0 Å². The molecule has 1 aliphatic rings. The van der Waals surface area contributed by atoms with E-state index in [-0.39, 0.29) is 5.82 Å². The molecule has 0 amide bonds. The number of nitrogens with zero attached hydrogens (tertiary/aromatic N) is 1. The summed E-state index contributed by atoms with van der Waals surface area (Å²) in [5, 5.41) is 0. The quantitative estimate of drug-likeness (QED) is 0.909. The van der Waals surface area contributed by atoms with E-state index >= 15 is 0 Å². The van der Waals surface area contributed by atoms with E-state index in [1.54, 1.807) is 6.07 Å². The van der Waals surface area contributed by atoms with Gasteiger partial charge in [0.15, 0.2) is 11.6 Å². The van der Waals surface area contributed by atoms with Crippen molar-refractivity contribution in [2.75, 3.05) is 20.2 Å². The second-order valence-corrected chi connectivity index (χ2v) is 5.39. The molecule has 19 heavy (non-hydrogen) atoms. The molecule has 0 saturated carbocycles. The van der Waals surface area contributed by atoms with E-state index in [2.05, 4.69) is 11.8 Å². The van der Waals surface area contributed by atoms with Crippen LogP contribution in [0.3, 0.4) is 0 Å². The van der Waals surface area contributed by atoms with Crippen molar-refractivity contribution >= 4 is 0 Å². The predicted octanol–water partition coefficient (Wildman–Crippen LogP) is 2.39. The molecule has 106 valence electrons. The van der Waals surface area contributed by atoms with Crippen molar-refractivity contribution in [1.29, 1.82) is 0 Å². The summed E-state index contributed by atoms with van der Waals surface area (Å²) in [6, 6.07) is 5.80. The first-order valence-corrected chi connectivity index (χ1v) is 6.91. The van der Waals surface area contributed by atoms with Gasteiger partial charge >= 0.3 is 0 Å². The van der Waals surface area contributed by atoms with Crippen LogP contribution in [0.5, 0.6) is 5.75 Å². The molecule has 0 aliphatic carbocycles. The van der Waals surface area contributed by atoms with Gasteiger partial charge in [-0.15, -0.1) is 0 Å². The first kappa shape index (κ1) is 14.3. The highest BCUT2D eigenvalue weighted by atomic mass is 19.1. The minimum Gasteiger partial charge on any atom is -0.494 e. The van der Waals surface area contributed by atoms with Gasteiger partial charge in [-0.1, -0.05) is 12.1 Å². The average molecular weight is 266 g/mol. The maximum absolute atomic E-state index is 14.2. The van der Waals surface area contributed by atoms with E-state index in [1.165, 1.54) is 13.5 Å².